The van der Waals surface area contributed by atoms with Crippen molar-refractivity contribution in [3.05, 3.63) is 29.8 Å². The minimum atomic E-state index is -3.58. The van der Waals surface area contributed by atoms with Gasteiger partial charge in [0.25, 0.3) is 5.91 Å². The summed E-state index contributed by atoms with van der Waals surface area (Å²) in [7, 11) is -3.58. The molecule has 6 nitrogen and oxygen atoms in total. The Morgan fingerprint density at radius 3 is 2.43 bits per heavy atom. The molecule has 0 bridgehead atoms. The van der Waals surface area contributed by atoms with Gasteiger partial charge in [0, 0.05) is 31.3 Å². The third kappa shape index (κ3) is 3.91. The molecule has 2 heterocycles. The zero-order chi connectivity index (χ0) is 16.3. The Kier molecular flexibility index (Phi) is 4.99. The van der Waals surface area contributed by atoms with Crippen molar-refractivity contribution in [3.8, 4) is 0 Å². The summed E-state index contributed by atoms with van der Waals surface area (Å²) in [6.45, 7) is 2.65. The summed E-state index contributed by atoms with van der Waals surface area (Å²) >= 11 is 0. The molecule has 1 amide bonds. The van der Waals surface area contributed by atoms with E-state index >= 15 is 0 Å². The van der Waals surface area contributed by atoms with Gasteiger partial charge in [0.05, 0.1) is 11.5 Å². The number of ether oxygens (including phenoxy) is 1. The lowest BCUT2D eigenvalue weighted by Crippen LogP contribution is -2.40. The molecule has 2 fully saturated rings. The quantitative estimate of drug-likeness (QED) is 0.900. The topological polar surface area (TPSA) is 75.7 Å². The number of likely N-dealkylation sites (tertiary alicyclic amines) is 1. The van der Waals surface area contributed by atoms with E-state index in [9.17, 15) is 13.2 Å². The van der Waals surface area contributed by atoms with Crippen molar-refractivity contribution in [3.63, 3.8) is 0 Å². The molecule has 1 N–H and O–H groups in total. The number of hydrogen-bond donors (Lipinski definition) is 1. The Hall–Kier alpha value is -1.44. The van der Waals surface area contributed by atoms with Crippen molar-refractivity contribution in [1.82, 2.24) is 9.62 Å². The van der Waals surface area contributed by atoms with Gasteiger partial charge in [0.15, 0.2) is 0 Å². The number of sulfonamides is 1. The van der Waals surface area contributed by atoms with Crippen molar-refractivity contribution in [1.29, 1.82) is 0 Å². The average molecular weight is 338 g/mol. The second-order valence-electron chi connectivity index (χ2n) is 6.06. The summed E-state index contributed by atoms with van der Waals surface area (Å²) in [5.74, 6) is -0.0277. The van der Waals surface area contributed by atoms with Crippen LogP contribution in [0.15, 0.2) is 29.2 Å². The van der Waals surface area contributed by atoms with Gasteiger partial charge in [-0.1, -0.05) is 0 Å². The summed E-state index contributed by atoms with van der Waals surface area (Å²) in [6, 6.07) is 5.99. The molecule has 2 aliphatic heterocycles. The molecule has 7 heteroatoms. The number of amides is 1. The number of nitrogens with one attached hydrogen (secondary N) is 1. The van der Waals surface area contributed by atoms with E-state index in [-0.39, 0.29) is 16.8 Å². The highest BCUT2D eigenvalue weighted by molar-refractivity contribution is 7.89. The molecule has 0 aliphatic carbocycles. The molecule has 0 saturated carbocycles. The maximum atomic E-state index is 12.4. The highest BCUT2D eigenvalue weighted by Crippen LogP contribution is 2.17. The van der Waals surface area contributed by atoms with Crippen LogP contribution in [-0.2, 0) is 14.8 Å². The van der Waals surface area contributed by atoms with Gasteiger partial charge in [-0.15, -0.1) is 0 Å². The van der Waals surface area contributed by atoms with Gasteiger partial charge >= 0.3 is 0 Å². The van der Waals surface area contributed by atoms with Crippen LogP contribution in [0.4, 0.5) is 0 Å². The molecule has 1 aromatic rings. The maximum Gasteiger partial charge on any atom is 0.253 e. The minimum absolute atomic E-state index is 0.0277. The summed E-state index contributed by atoms with van der Waals surface area (Å²) in [6.07, 6.45) is 3.71. The summed E-state index contributed by atoms with van der Waals surface area (Å²) in [4.78, 5) is 14.3. The second kappa shape index (κ2) is 6.98. The van der Waals surface area contributed by atoms with Gasteiger partial charge in [0.2, 0.25) is 10.0 Å². The minimum Gasteiger partial charge on any atom is -0.380 e. The Bertz CT molecular complexity index is 645. The van der Waals surface area contributed by atoms with Crippen LogP contribution >= 0.6 is 0 Å². The van der Waals surface area contributed by atoms with Crippen LogP contribution in [0.3, 0.4) is 0 Å². The van der Waals surface area contributed by atoms with Crippen LogP contribution in [0.5, 0.6) is 0 Å². The number of hydrogen-bond acceptors (Lipinski definition) is 4. The molecule has 0 spiro atoms. The zero-order valence-corrected chi connectivity index (χ0v) is 13.8. The van der Waals surface area contributed by atoms with Crippen LogP contribution in [0.1, 0.15) is 36.0 Å². The molecular weight excluding hydrogens is 316 g/mol. The molecule has 2 saturated heterocycles. The predicted octanol–water partition coefficient (Wildman–Crippen LogP) is 1.38. The first-order valence-corrected chi connectivity index (χ1v) is 9.54. The van der Waals surface area contributed by atoms with E-state index in [1.165, 1.54) is 12.1 Å². The molecule has 1 aromatic carbocycles. The molecule has 1 atom stereocenters. The third-order valence-corrected chi connectivity index (χ3v) is 5.82. The van der Waals surface area contributed by atoms with E-state index in [1.54, 1.807) is 17.0 Å². The summed E-state index contributed by atoms with van der Waals surface area (Å²) in [5.41, 5.74) is 0.534. The average Bonchev–Trinajstić information content (AvgIpc) is 3.09. The van der Waals surface area contributed by atoms with Crippen molar-refractivity contribution in [2.24, 2.45) is 0 Å². The molecule has 2 aliphatic rings. The lowest BCUT2D eigenvalue weighted by molar-refractivity contribution is 0.0774. The molecule has 126 valence electrons. The fraction of sp³-hybridized carbons (Fsp3) is 0.562. The van der Waals surface area contributed by atoms with Crippen molar-refractivity contribution < 1.29 is 17.9 Å². The van der Waals surface area contributed by atoms with E-state index in [2.05, 4.69) is 4.72 Å². The van der Waals surface area contributed by atoms with Crippen molar-refractivity contribution >= 4 is 15.9 Å². The van der Waals surface area contributed by atoms with Gasteiger partial charge in [-0.3, -0.25) is 4.79 Å². The molecule has 3 rings (SSSR count). The number of nitrogens with zero attached hydrogens (tertiary/aromatic N) is 1. The van der Waals surface area contributed by atoms with Crippen LogP contribution in [-0.4, -0.2) is 51.6 Å². The lowest BCUT2D eigenvalue weighted by atomic mass is 10.1. The Morgan fingerprint density at radius 1 is 1.13 bits per heavy atom. The van der Waals surface area contributed by atoms with E-state index < -0.39 is 10.0 Å². The molecule has 0 aromatic heterocycles. The number of benzene rings is 1. The normalized spacial score (nSPS) is 22.3. The summed E-state index contributed by atoms with van der Waals surface area (Å²) in [5, 5.41) is 0. The monoisotopic (exact) mass is 338 g/mol. The van der Waals surface area contributed by atoms with Gasteiger partial charge in [-0.05, 0) is 49.9 Å². The number of rotatable bonds is 4. The molecule has 23 heavy (non-hydrogen) atoms. The highest BCUT2D eigenvalue weighted by Gasteiger charge is 2.23. The van der Waals surface area contributed by atoms with Crippen LogP contribution in [0.25, 0.3) is 0 Å². The Morgan fingerprint density at radius 2 is 1.83 bits per heavy atom. The van der Waals surface area contributed by atoms with E-state index in [4.69, 9.17) is 4.74 Å². The highest BCUT2D eigenvalue weighted by atomic mass is 32.2. The predicted molar refractivity (Wildman–Crippen MR) is 85.7 cm³/mol. The maximum absolute atomic E-state index is 12.4. The van der Waals surface area contributed by atoms with E-state index in [1.807, 2.05) is 0 Å². The lowest BCUT2D eigenvalue weighted by Gasteiger charge is -2.23. The smallest absolute Gasteiger partial charge is 0.253 e. The Balaban J connectivity index is 1.69. The molecular formula is C16H22N2O4S. The second-order valence-corrected chi connectivity index (χ2v) is 7.77. The van der Waals surface area contributed by atoms with Gasteiger partial charge in [-0.25, -0.2) is 13.1 Å². The van der Waals surface area contributed by atoms with Crippen LogP contribution in [0.2, 0.25) is 0 Å². The van der Waals surface area contributed by atoms with E-state index in [0.29, 0.717) is 18.8 Å². The van der Waals surface area contributed by atoms with Gasteiger partial charge in [-0.2, -0.15) is 0 Å². The SMILES string of the molecule is O=C(c1ccc(S(=O)(=O)N[C@H]2CCCOC2)cc1)N1CCCC1. The number of carbonyl (C=O) groups is 1. The Labute approximate surface area is 136 Å². The first-order chi connectivity index (χ1) is 11.1. The molecule has 0 radical (unpaired) electrons. The summed E-state index contributed by atoms with van der Waals surface area (Å²) < 4.78 is 32.7. The largest absolute Gasteiger partial charge is 0.380 e. The molecule has 0 unspecified atom stereocenters. The van der Waals surface area contributed by atoms with Crippen molar-refractivity contribution in [2.75, 3.05) is 26.3 Å². The van der Waals surface area contributed by atoms with E-state index in [0.717, 1.165) is 38.8 Å². The van der Waals surface area contributed by atoms with Crippen LogP contribution in [0, 0.1) is 0 Å². The standard InChI is InChI=1S/C16H22N2O4S/c19-16(18-9-1-2-10-18)13-5-7-15(8-6-13)23(20,21)17-14-4-3-11-22-12-14/h5-8,14,17H,1-4,9-12H2/t14-/m0/s1. The first-order valence-electron chi connectivity index (χ1n) is 8.06. The third-order valence-electron chi connectivity index (χ3n) is 4.29. The fourth-order valence-electron chi connectivity index (χ4n) is 3.00. The number of carbonyl (C=O) groups excluding carboxylic acids is 1. The zero-order valence-electron chi connectivity index (χ0n) is 13.0. The van der Waals surface area contributed by atoms with Crippen LogP contribution < -0.4 is 4.72 Å². The van der Waals surface area contributed by atoms with Gasteiger partial charge < -0.3 is 9.64 Å². The van der Waals surface area contributed by atoms with Crippen molar-refractivity contribution in [2.45, 2.75) is 36.6 Å². The van der Waals surface area contributed by atoms with Gasteiger partial charge in [0.1, 0.15) is 0 Å². The fourth-order valence-corrected chi connectivity index (χ4v) is 4.26. The first kappa shape index (κ1) is 16.4.